The van der Waals surface area contributed by atoms with Crippen molar-refractivity contribution in [3.8, 4) is 0 Å². The SMILES string of the molecule is CC(C)N1Cc2ccc(C3CNCCO3)cc2C1. The van der Waals surface area contributed by atoms with Crippen molar-refractivity contribution in [3.63, 3.8) is 0 Å². The van der Waals surface area contributed by atoms with Crippen LogP contribution in [0.25, 0.3) is 0 Å². The van der Waals surface area contributed by atoms with Crippen molar-refractivity contribution in [2.75, 3.05) is 19.7 Å². The molecule has 1 atom stereocenters. The second kappa shape index (κ2) is 5.00. The molecule has 1 aromatic carbocycles. The fourth-order valence-electron chi connectivity index (χ4n) is 2.79. The van der Waals surface area contributed by atoms with Crippen LogP contribution in [0.15, 0.2) is 18.2 Å². The van der Waals surface area contributed by atoms with E-state index in [1.807, 2.05) is 0 Å². The van der Waals surface area contributed by atoms with E-state index in [4.69, 9.17) is 4.74 Å². The van der Waals surface area contributed by atoms with E-state index in [0.717, 1.165) is 32.8 Å². The molecule has 1 saturated heterocycles. The molecule has 0 amide bonds. The molecular weight excluding hydrogens is 224 g/mol. The number of fused-ring (bicyclic) bond motifs is 1. The largest absolute Gasteiger partial charge is 0.371 e. The highest BCUT2D eigenvalue weighted by molar-refractivity contribution is 5.36. The minimum absolute atomic E-state index is 0.233. The first-order chi connectivity index (χ1) is 8.74. The van der Waals surface area contributed by atoms with E-state index < -0.39 is 0 Å². The normalized spacial score (nSPS) is 24.5. The molecule has 98 valence electrons. The Labute approximate surface area is 109 Å². The van der Waals surface area contributed by atoms with Crippen LogP contribution in [-0.2, 0) is 17.8 Å². The van der Waals surface area contributed by atoms with Crippen molar-refractivity contribution in [1.29, 1.82) is 0 Å². The Morgan fingerprint density at radius 3 is 2.83 bits per heavy atom. The summed E-state index contributed by atoms with van der Waals surface area (Å²) >= 11 is 0. The summed E-state index contributed by atoms with van der Waals surface area (Å²) in [7, 11) is 0. The number of nitrogens with zero attached hydrogens (tertiary/aromatic N) is 1. The zero-order valence-corrected chi connectivity index (χ0v) is 11.3. The molecule has 3 rings (SSSR count). The van der Waals surface area contributed by atoms with Crippen molar-refractivity contribution in [1.82, 2.24) is 10.2 Å². The van der Waals surface area contributed by atoms with Gasteiger partial charge in [-0.05, 0) is 30.5 Å². The Bertz CT molecular complexity index is 425. The van der Waals surface area contributed by atoms with Crippen LogP contribution in [0.3, 0.4) is 0 Å². The van der Waals surface area contributed by atoms with Crippen molar-refractivity contribution in [3.05, 3.63) is 34.9 Å². The van der Waals surface area contributed by atoms with Gasteiger partial charge in [-0.15, -0.1) is 0 Å². The quantitative estimate of drug-likeness (QED) is 0.864. The first-order valence-electron chi connectivity index (χ1n) is 6.92. The minimum Gasteiger partial charge on any atom is -0.371 e. The third-order valence-corrected chi connectivity index (χ3v) is 4.01. The molecule has 2 heterocycles. The van der Waals surface area contributed by atoms with Gasteiger partial charge in [-0.1, -0.05) is 18.2 Å². The highest BCUT2D eigenvalue weighted by Gasteiger charge is 2.23. The summed E-state index contributed by atoms with van der Waals surface area (Å²) < 4.78 is 5.82. The number of nitrogens with one attached hydrogen (secondary N) is 1. The first-order valence-corrected chi connectivity index (χ1v) is 6.92. The van der Waals surface area contributed by atoms with Gasteiger partial charge in [0.1, 0.15) is 0 Å². The Balaban J connectivity index is 1.78. The average molecular weight is 246 g/mol. The highest BCUT2D eigenvalue weighted by atomic mass is 16.5. The summed E-state index contributed by atoms with van der Waals surface area (Å²) in [6.45, 7) is 9.44. The van der Waals surface area contributed by atoms with Gasteiger partial charge in [-0.25, -0.2) is 0 Å². The fraction of sp³-hybridized carbons (Fsp3) is 0.600. The van der Waals surface area contributed by atoms with Crippen LogP contribution in [0.5, 0.6) is 0 Å². The molecule has 0 radical (unpaired) electrons. The lowest BCUT2D eigenvalue weighted by Crippen LogP contribution is -2.33. The maximum atomic E-state index is 5.82. The summed E-state index contributed by atoms with van der Waals surface area (Å²) in [5.74, 6) is 0. The Kier molecular flexibility index (Phi) is 3.37. The summed E-state index contributed by atoms with van der Waals surface area (Å²) in [6.07, 6.45) is 0.233. The fourth-order valence-corrected chi connectivity index (χ4v) is 2.79. The predicted molar refractivity (Wildman–Crippen MR) is 72.4 cm³/mol. The highest BCUT2D eigenvalue weighted by Crippen LogP contribution is 2.28. The van der Waals surface area contributed by atoms with Crippen LogP contribution in [0.2, 0.25) is 0 Å². The number of rotatable bonds is 2. The molecule has 3 heteroatoms. The Morgan fingerprint density at radius 1 is 1.28 bits per heavy atom. The smallest absolute Gasteiger partial charge is 0.0949 e. The summed E-state index contributed by atoms with van der Waals surface area (Å²) in [5, 5.41) is 3.39. The number of ether oxygens (including phenoxy) is 1. The van der Waals surface area contributed by atoms with Crippen LogP contribution in [0.4, 0.5) is 0 Å². The van der Waals surface area contributed by atoms with Gasteiger partial charge in [0.05, 0.1) is 12.7 Å². The number of hydrogen-bond acceptors (Lipinski definition) is 3. The van der Waals surface area contributed by atoms with Gasteiger partial charge in [-0.3, -0.25) is 4.90 Å². The molecule has 2 aliphatic heterocycles. The maximum Gasteiger partial charge on any atom is 0.0949 e. The number of morpholine rings is 1. The molecule has 1 aromatic rings. The van der Waals surface area contributed by atoms with Crippen LogP contribution in [-0.4, -0.2) is 30.6 Å². The van der Waals surface area contributed by atoms with E-state index in [2.05, 4.69) is 42.3 Å². The zero-order valence-electron chi connectivity index (χ0n) is 11.3. The van der Waals surface area contributed by atoms with Gasteiger partial charge in [0.2, 0.25) is 0 Å². The molecule has 18 heavy (non-hydrogen) atoms. The van der Waals surface area contributed by atoms with Gasteiger partial charge in [0, 0.05) is 32.2 Å². The van der Waals surface area contributed by atoms with E-state index in [1.165, 1.54) is 16.7 Å². The molecule has 1 N–H and O–H groups in total. The molecule has 0 aliphatic carbocycles. The standard InChI is InChI=1S/C15H22N2O/c1-11(2)17-9-13-4-3-12(7-14(13)10-17)15-8-16-5-6-18-15/h3-4,7,11,15-16H,5-6,8-10H2,1-2H3. The molecule has 0 spiro atoms. The van der Waals surface area contributed by atoms with Crippen molar-refractivity contribution in [2.24, 2.45) is 0 Å². The van der Waals surface area contributed by atoms with Crippen LogP contribution < -0.4 is 5.32 Å². The van der Waals surface area contributed by atoms with Crippen LogP contribution in [0, 0.1) is 0 Å². The Hall–Kier alpha value is -0.900. The van der Waals surface area contributed by atoms with Gasteiger partial charge in [0.25, 0.3) is 0 Å². The topological polar surface area (TPSA) is 24.5 Å². The van der Waals surface area contributed by atoms with E-state index >= 15 is 0 Å². The first kappa shape index (κ1) is 12.2. The molecule has 1 unspecified atom stereocenters. The van der Waals surface area contributed by atoms with Crippen LogP contribution >= 0.6 is 0 Å². The second-order valence-electron chi connectivity index (χ2n) is 5.59. The maximum absolute atomic E-state index is 5.82. The summed E-state index contributed by atoms with van der Waals surface area (Å²) in [4.78, 5) is 2.51. The van der Waals surface area contributed by atoms with E-state index in [-0.39, 0.29) is 6.10 Å². The van der Waals surface area contributed by atoms with Gasteiger partial charge >= 0.3 is 0 Å². The predicted octanol–water partition coefficient (Wildman–Crippen LogP) is 2.07. The lowest BCUT2D eigenvalue weighted by atomic mass is 10.0. The van der Waals surface area contributed by atoms with Crippen molar-refractivity contribution in [2.45, 2.75) is 39.1 Å². The average Bonchev–Trinajstić information content (AvgIpc) is 2.82. The van der Waals surface area contributed by atoms with Gasteiger partial charge in [0.15, 0.2) is 0 Å². The van der Waals surface area contributed by atoms with E-state index in [9.17, 15) is 0 Å². The summed E-state index contributed by atoms with van der Waals surface area (Å²) in [6, 6.07) is 7.48. The summed E-state index contributed by atoms with van der Waals surface area (Å²) in [5.41, 5.74) is 4.29. The van der Waals surface area contributed by atoms with Crippen molar-refractivity contribution >= 4 is 0 Å². The Morgan fingerprint density at radius 2 is 2.11 bits per heavy atom. The molecule has 0 saturated carbocycles. The second-order valence-corrected chi connectivity index (χ2v) is 5.59. The van der Waals surface area contributed by atoms with Gasteiger partial charge < -0.3 is 10.1 Å². The molecule has 0 aromatic heterocycles. The molecular formula is C15H22N2O. The zero-order chi connectivity index (χ0) is 12.5. The minimum atomic E-state index is 0.233. The monoisotopic (exact) mass is 246 g/mol. The number of hydrogen-bond donors (Lipinski definition) is 1. The molecule has 3 nitrogen and oxygen atoms in total. The molecule has 0 bridgehead atoms. The van der Waals surface area contributed by atoms with Crippen molar-refractivity contribution < 1.29 is 4.74 Å². The lowest BCUT2D eigenvalue weighted by molar-refractivity contribution is 0.0276. The van der Waals surface area contributed by atoms with Crippen LogP contribution in [0.1, 0.15) is 36.6 Å². The van der Waals surface area contributed by atoms with E-state index in [1.54, 1.807) is 0 Å². The molecule has 2 aliphatic rings. The van der Waals surface area contributed by atoms with E-state index in [0.29, 0.717) is 6.04 Å². The van der Waals surface area contributed by atoms with Gasteiger partial charge in [-0.2, -0.15) is 0 Å². The number of benzene rings is 1. The third-order valence-electron chi connectivity index (χ3n) is 4.01. The lowest BCUT2D eigenvalue weighted by Gasteiger charge is -2.24. The molecule has 1 fully saturated rings. The third kappa shape index (κ3) is 2.30.